The lowest BCUT2D eigenvalue weighted by Gasteiger charge is -2.07. The molecule has 0 aliphatic rings. The SMILES string of the molecule is Cl.Cl.NCCCCCCC(=O)Nc1ccc(Oc2ccccc2)nc1. The Morgan fingerprint density at radius 2 is 1.72 bits per heavy atom. The van der Waals surface area contributed by atoms with Crippen LogP contribution < -0.4 is 15.8 Å². The fraction of sp³-hybridized carbons (Fsp3) is 0.333. The number of amides is 1. The zero-order valence-corrected chi connectivity index (χ0v) is 15.7. The molecule has 0 atom stereocenters. The van der Waals surface area contributed by atoms with Crippen molar-refractivity contribution in [2.24, 2.45) is 5.73 Å². The van der Waals surface area contributed by atoms with Crippen molar-refractivity contribution in [3.05, 3.63) is 48.7 Å². The van der Waals surface area contributed by atoms with Crippen molar-refractivity contribution in [2.75, 3.05) is 11.9 Å². The summed E-state index contributed by atoms with van der Waals surface area (Å²) in [5, 5.41) is 2.84. The molecule has 0 spiro atoms. The molecule has 1 amide bonds. The Balaban J connectivity index is 0.00000288. The monoisotopic (exact) mass is 385 g/mol. The second kappa shape index (κ2) is 13.5. The Morgan fingerprint density at radius 3 is 2.36 bits per heavy atom. The molecule has 0 unspecified atom stereocenters. The molecule has 0 radical (unpaired) electrons. The fourth-order valence-corrected chi connectivity index (χ4v) is 2.13. The number of rotatable bonds is 9. The Labute approximate surface area is 161 Å². The van der Waals surface area contributed by atoms with Gasteiger partial charge in [-0.1, -0.05) is 31.0 Å². The molecular formula is C18H25Cl2N3O2. The first-order chi connectivity index (χ1) is 11.3. The molecule has 1 aromatic carbocycles. The summed E-state index contributed by atoms with van der Waals surface area (Å²) in [7, 11) is 0. The van der Waals surface area contributed by atoms with E-state index in [9.17, 15) is 4.79 Å². The van der Waals surface area contributed by atoms with Crippen molar-refractivity contribution in [3.8, 4) is 11.6 Å². The van der Waals surface area contributed by atoms with Crippen LogP contribution in [0.4, 0.5) is 5.69 Å². The van der Waals surface area contributed by atoms with E-state index < -0.39 is 0 Å². The number of anilines is 1. The number of hydrogen-bond acceptors (Lipinski definition) is 4. The molecule has 0 bridgehead atoms. The minimum Gasteiger partial charge on any atom is -0.439 e. The van der Waals surface area contributed by atoms with Crippen LogP contribution in [-0.4, -0.2) is 17.4 Å². The van der Waals surface area contributed by atoms with E-state index in [1.165, 1.54) is 0 Å². The molecule has 2 rings (SSSR count). The van der Waals surface area contributed by atoms with Gasteiger partial charge < -0.3 is 15.8 Å². The lowest BCUT2D eigenvalue weighted by molar-refractivity contribution is -0.116. The molecule has 3 N–H and O–H groups in total. The summed E-state index contributed by atoms with van der Waals surface area (Å²) in [6.45, 7) is 0.718. The Kier molecular flexibility index (Phi) is 12.5. The van der Waals surface area contributed by atoms with Crippen LogP contribution in [-0.2, 0) is 4.79 Å². The molecule has 0 aliphatic heterocycles. The quantitative estimate of drug-likeness (QED) is 0.619. The van der Waals surface area contributed by atoms with Crippen LogP contribution in [0.2, 0.25) is 0 Å². The molecule has 0 saturated heterocycles. The van der Waals surface area contributed by atoms with E-state index in [2.05, 4.69) is 10.3 Å². The second-order valence-electron chi connectivity index (χ2n) is 5.30. The average Bonchev–Trinajstić information content (AvgIpc) is 2.57. The minimum absolute atomic E-state index is 0. The van der Waals surface area contributed by atoms with Gasteiger partial charge in [0.25, 0.3) is 0 Å². The van der Waals surface area contributed by atoms with Crippen LogP contribution in [0, 0.1) is 0 Å². The van der Waals surface area contributed by atoms with Gasteiger partial charge in [-0.25, -0.2) is 4.98 Å². The summed E-state index contributed by atoms with van der Waals surface area (Å²) >= 11 is 0. The Morgan fingerprint density at radius 1 is 1.00 bits per heavy atom. The summed E-state index contributed by atoms with van der Waals surface area (Å²) in [5.74, 6) is 1.24. The van der Waals surface area contributed by atoms with E-state index in [1.807, 2.05) is 30.3 Å². The van der Waals surface area contributed by atoms with Gasteiger partial charge in [0.1, 0.15) is 5.75 Å². The van der Waals surface area contributed by atoms with Crippen molar-refractivity contribution in [1.82, 2.24) is 4.98 Å². The van der Waals surface area contributed by atoms with E-state index in [4.69, 9.17) is 10.5 Å². The van der Waals surface area contributed by atoms with E-state index >= 15 is 0 Å². The number of nitrogens with zero attached hydrogens (tertiary/aromatic N) is 1. The average molecular weight is 386 g/mol. The number of pyridine rings is 1. The zero-order valence-electron chi connectivity index (χ0n) is 14.0. The predicted molar refractivity (Wildman–Crippen MR) is 106 cm³/mol. The van der Waals surface area contributed by atoms with Gasteiger partial charge in [-0.05, 0) is 37.6 Å². The van der Waals surface area contributed by atoms with Gasteiger partial charge in [-0.2, -0.15) is 0 Å². The van der Waals surface area contributed by atoms with Crippen LogP contribution in [0.3, 0.4) is 0 Å². The van der Waals surface area contributed by atoms with E-state index in [0.29, 0.717) is 18.0 Å². The van der Waals surface area contributed by atoms with E-state index in [1.54, 1.807) is 18.3 Å². The summed E-state index contributed by atoms with van der Waals surface area (Å²) in [5.41, 5.74) is 6.12. The Hall–Kier alpha value is -1.82. The number of carbonyl (C=O) groups excluding carboxylic acids is 1. The largest absolute Gasteiger partial charge is 0.439 e. The number of hydrogen-bond donors (Lipinski definition) is 2. The molecule has 0 fully saturated rings. The topological polar surface area (TPSA) is 77.2 Å². The van der Waals surface area contributed by atoms with Crippen LogP contribution in [0.25, 0.3) is 0 Å². The van der Waals surface area contributed by atoms with Gasteiger partial charge in [-0.3, -0.25) is 4.79 Å². The normalized spacial score (nSPS) is 9.48. The molecular weight excluding hydrogens is 361 g/mol. The third kappa shape index (κ3) is 9.29. The first-order valence-corrected chi connectivity index (χ1v) is 7.97. The van der Waals surface area contributed by atoms with Gasteiger partial charge >= 0.3 is 0 Å². The minimum atomic E-state index is 0. The number of nitrogens with two attached hydrogens (primary N) is 1. The van der Waals surface area contributed by atoms with Crippen molar-refractivity contribution < 1.29 is 9.53 Å². The van der Waals surface area contributed by atoms with Crippen molar-refractivity contribution in [2.45, 2.75) is 32.1 Å². The first kappa shape index (κ1) is 23.2. The third-order valence-corrected chi connectivity index (χ3v) is 3.34. The number of unbranched alkanes of at least 4 members (excludes halogenated alkanes) is 3. The number of halogens is 2. The number of carbonyl (C=O) groups is 1. The van der Waals surface area contributed by atoms with Gasteiger partial charge in [0.2, 0.25) is 11.8 Å². The lowest BCUT2D eigenvalue weighted by atomic mass is 10.1. The zero-order chi connectivity index (χ0) is 16.3. The summed E-state index contributed by atoms with van der Waals surface area (Å²) in [4.78, 5) is 16.0. The van der Waals surface area contributed by atoms with Crippen LogP contribution in [0.1, 0.15) is 32.1 Å². The molecule has 138 valence electrons. The number of aromatic nitrogens is 1. The van der Waals surface area contributed by atoms with Gasteiger partial charge in [-0.15, -0.1) is 24.8 Å². The van der Waals surface area contributed by atoms with Crippen molar-refractivity contribution >= 4 is 36.4 Å². The molecule has 1 heterocycles. The molecule has 1 aromatic heterocycles. The highest BCUT2D eigenvalue weighted by Crippen LogP contribution is 2.19. The highest BCUT2D eigenvalue weighted by Gasteiger charge is 2.04. The van der Waals surface area contributed by atoms with Crippen molar-refractivity contribution in [1.29, 1.82) is 0 Å². The summed E-state index contributed by atoms with van der Waals surface area (Å²) in [6.07, 6.45) is 6.14. The number of nitrogens with one attached hydrogen (secondary N) is 1. The van der Waals surface area contributed by atoms with Crippen LogP contribution >= 0.6 is 24.8 Å². The van der Waals surface area contributed by atoms with Crippen LogP contribution in [0.5, 0.6) is 11.6 Å². The Bertz CT molecular complexity index is 595. The molecule has 5 nitrogen and oxygen atoms in total. The van der Waals surface area contributed by atoms with Gasteiger partial charge in [0, 0.05) is 12.5 Å². The predicted octanol–water partition coefficient (Wildman–Crippen LogP) is 4.57. The maximum atomic E-state index is 11.8. The molecule has 0 aliphatic carbocycles. The fourth-order valence-electron chi connectivity index (χ4n) is 2.13. The standard InChI is InChI=1S/C18H23N3O2.2ClH/c19-13-7-2-1-6-10-17(22)21-15-11-12-18(20-14-15)23-16-8-4-3-5-9-16;;/h3-5,8-9,11-12,14H,1-2,6-7,10,13,19H2,(H,21,22);2*1H. The summed E-state index contributed by atoms with van der Waals surface area (Å²) in [6, 6.07) is 13.0. The highest BCUT2D eigenvalue weighted by molar-refractivity contribution is 5.90. The highest BCUT2D eigenvalue weighted by atomic mass is 35.5. The molecule has 2 aromatic rings. The smallest absolute Gasteiger partial charge is 0.224 e. The summed E-state index contributed by atoms with van der Waals surface area (Å²) < 4.78 is 5.61. The van der Waals surface area contributed by atoms with E-state index in [0.717, 1.165) is 38.0 Å². The molecule has 0 saturated carbocycles. The van der Waals surface area contributed by atoms with Gasteiger partial charge in [0.05, 0.1) is 11.9 Å². The second-order valence-corrected chi connectivity index (χ2v) is 5.30. The molecule has 25 heavy (non-hydrogen) atoms. The van der Waals surface area contributed by atoms with E-state index in [-0.39, 0.29) is 30.7 Å². The van der Waals surface area contributed by atoms with Gasteiger partial charge in [0.15, 0.2) is 0 Å². The lowest BCUT2D eigenvalue weighted by Crippen LogP contribution is -2.11. The number of benzene rings is 1. The number of para-hydroxylation sites is 1. The van der Waals surface area contributed by atoms with Crippen molar-refractivity contribution in [3.63, 3.8) is 0 Å². The van der Waals surface area contributed by atoms with Crippen LogP contribution in [0.15, 0.2) is 48.7 Å². The first-order valence-electron chi connectivity index (χ1n) is 7.97. The molecule has 7 heteroatoms. The number of ether oxygens (including phenoxy) is 1. The maximum Gasteiger partial charge on any atom is 0.224 e. The third-order valence-electron chi connectivity index (χ3n) is 3.34. The maximum absolute atomic E-state index is 11.8.